The Labute approximate surface area is 707 Å². The molecule has 25 rings (SSSR count). The maximum Gasteiger partial charge on any atom is 0.160 e. The van der Waals surface area contributed by atoms with Crippen LogP contribution in [0.4, 0.5) is 0 Å². The van der Waals surface area contributed by atoms with Gasteiger partial charge in [0.1, 0.15) is 11.4 Å². The van der Waals surface area contributed by atoms with Crippen molar-refractivity contribution in [1.82, 2.24) is 43.6 Å². The van der Waals surface area contributed by atoms with Crippen LogP contribution < -0.4 is 0 Å². The Kier molecular flexibility index (Phi) is 16.7. The van der Waals surface area contributed by atoms with Crippen molar-refractivity contribution in [2.75, 3.05) is 0 Å². The van der Waals surface area contributed by atoms with E-state index in [1.54, 1.807) is 0 Å². The van der Waals surface area contributed by atoms with Crippen molar-refractivity contribution in [3.63, 3.8) is 0 Å². The monoisotopic (exact) mass is 1570 g/mol. The van der Waals surface area contributed by atoms with Crippen molar-refractivity contribution < 1.29 is 0 Å². The highest BCUT2D eigenvalue weighted by molar-refractivity contribution is 6.27. The number of benzene rings is 17. The van der Waals surface area contributed by atoms with Crippen LogP contribution in [-0.2, 0) is 0 Å². The molecule has 0 aliphatic carbocycles. The molecule has 0 amide bonds. The van der Waals surface area contributed by atoms with Crippen molar-refractivity contribution in [3.8, 4) is 135 Å². The lowest BCUT2D eigenvalue weighted by Crippen LogP contribution is -1.96. The van der Waals surface area contributed by atoms with Gasteiger partial charge in [-0.05, 0) is 109 Å². The number of pyridine rings is 2. The molecule has 0 atom stereocenters. The topological polar surface area (TPSA) is 90.6 Å². The van der Waals surface area contributed by atoms with E-state index in [1.807, 2.05) is 36.4 Å². The molecule has 0 radical (unpaired) electrons. The van der Waals surface area contributed by atoms with Gasteiger partial charge in [0.25, 0.3) is 0 Å². The molecule has 25 aromatic rings. The average Bonchev–Trinajstić information content (AvgIpc) is 1.55. The Morgan fingerprint density at radius 3 is 0.870 bits per heavy atom. The molecule has 17 aromatic carbocycles. The maximum absolute atomic E-state index is 5.46. The molecule has 9 heteroatoms. The quantitative estimate of drug-likeness (QED) is 0.113. The highest BCUT2D eigenvalue weighted by Crippen LogP contribution is 2.47. The Morgan fingerprint density at radius 1 is 0.171 bits per heavy atom. The highest BCUT2D eigenvalue weighted by atomic mass is 15.2. The summed E-state index contributed by atoms with van der Waals surface area (Å²) in [6.07, 6.45) is 0. The second kappa shape index (κ2) is 29.2. The second-order valence-electron chi connectivity index (χ2n) is 31.6. The molecule has 0 saturated carbocycles. The molecule has 0 unspecified atom stereocenters. The van der Waals surface area contributed by atoms with Crippen LogP contribution in [0, 0.1) is 0 Å². The van der Waals surface area contributed by atoms with Gasteiger partial charge in [0.2, 0.25) is 0 Å². The minimum Gasteiger partial charge on any atom is -0.308 e. The Morgan fingerprint density at radius 2 is 0.463 bits per heavy atom. The zero-order valence-corrected chi connectivity index (χ0v) is 66.5. The minimum atomic E-state index is 0.688. The van der Waals surface area contributed by atoms with Crippen molar-refractivity contribution in [3.05, 3.63) is 431 Å². The normalized spacial score (nSPS) is 11.7. The highest BCUT2D eigenvalue weighted by Gasteiger charge is 2.27. The maximum atomic E-state index is 5.46. The molecule has 0 aliphatic heterocycles. The summed E-state index contributed by atoms with van der Waals surface area (Å²) < 4.78 is 6.70. The van der Waals surface area contributed by atoms with Gasteiger partial charge in [-0.15, -0.1) is 0 Å². The Bertz CT molecular complexity index is 8320. The fraction of sp³-hybridized carbons (Fsp3) is 0. The predicted molar refractivity (Wildman–Crippen MR) is 509 cm³/mol. The van der Waals surface area contributed by atoms with Crippen LogP contribution in [0.1, 0.15) is 0 Å². The summed E-state index contributed by atoms with van der Waals surface area (Å²) in [7, 11) is 0. The first-order valence-electron chi connectivity index (χ1n) is 41.7. The second-order valence-corrected chi connectivity index (χ2v) is 31.6. The predicted octanol–water partition coefficient (Wildman–Crippen LogP) is 29.2. The molecule has 0 bridgehead atoms. The van der Waals surface area contributed by atoms with Gasteiger partial charge in [-0.3, -0.25) is 0 Å². The third kappa shape index (κ3) is 12.0. The molecule has 0 N–H and O–H groups in total. The smallest absolute Gasteiger partial charge is 0.160 e. The number of aromatic nitrogens is 9. The van der Waals surface area contributed by atoms with Crippen LogP contribution in [0.5, 0.6) is 0 Å². The summed E-state index contributed by atoms with van der Waals surface area (Å²) in [4.78, 5) is 20.9. The lowest BCUT2D eigenvalue weighted by molar-refractivity contribution is 0.979. The average molecular weight is 1570 g/mol. The van der Waals surface area contributed by atoms with Crippen LogP contribution in [0.15, 0.2) is 431 Å². The number of hydrogen-bond acceptors (Lipinski definition) is 6. The number of nitrogens with zero attached hydrogens (tertiary/aromatic N) is 9. The van der Waals surface area contributed by atoms with Gasteiger partial charge >= 0.3 is 0 Å². The van der Waals surface area contributed by atoms with Crippen LogP contribution in [0.25, 0.3) is 238 Å². The van der Waals surface area contributed by atoms with E-state index >= 15 is 0 Å². The lowest BCUT2D eigenvalue weighted by atomic mass is 9.92. The van der Waals surface area contributed by atoms with Gasteiger partial charge in [-0.1, -0.05) is 376 Å². The minimum absolute atomic E-state index is 0.688. The molecular formula is C114H71N9. The van der Waals surface area contributed by atoms with Gasteiger partial charge in [-0.2, -0.15) is 10.2 Å². The van der Waals surface area contributed by atoms with E-state index in [0.717, 1.165) is 145 Å². The van der Waals surface area contributed by atoms with E-state index < -0.39 is 0 Å². The summed E-state index contributed by atoms with van der Waals surface area (Å²) in [6.45, 7) is 0. The number of fused-ring (bicyclic) bond motifs is 18. The van der Waals surface area contributed by atoms with Gasteiger partial charge in [0.05, 0.1) is 61.7 Å². The van der Waals surface area contributed by atoms with Gasteiger partial charge in [0.15, 0.2) is 11.6 Å². The molecule has 0 fully saturated rings. The van der Waals surface area contributed by atoms with E-state index in [2.05, 4.69) is 408 Å². The van der Waals surface area contributed by atoms with Crippen LogP contribution in [0.2, 0.25) is 0 Å². The van der Waals surface area contributed by atoms with E-state index in [9.17, 15) is 0 Å². The van der Waals surface area contributed by atoms with E-state index in [-0.39, 0.29) is 0 Å². The zero-order chi connectivity index (χ0) is 81.0. The molecule has 572 valence electrons. The first kappa shape index (κ1) is 70.6. The first-order chi connectivity index (χ1) is 61.0. The Balaban J connectivity index is 0.000000139. The third-order valence-corrected chi connectivity index (χ3v) is 24.5. The van der Waals surface area contributed by atoms with Gasteiger partial charge < -0.3 is 4.40 Å². The Hall–Kier alpha value is -16.6. The first-order valence-corrected chi connectivity index (χ1v) is 41.7. The number of para-hydroxylation sites is 2. The van der Waals surface area contributed by atoms with Crippen LogP contribution >= 0.6 is 0 Å². The fourth-order valence-corrected chi connectivity index (χ4v) is 18.7. The van der Waals surface area contributed by atoms with E-state index in [1.165, 1.54) is 81.2 Å². The van der Waals surface area contributed by atoms with E-state index in [4.69, 9.17) is 30.1 Å². The molecule has 8 aromatic heterocycles. The van der Waals surface area contributed by atoms with E-state index in [0.29, 0.717) is 11.6 Å². The summed E-state index contributed by atoms with van der Waals surface area (Å²) in [5, 5.41) is 27.9. The molecular weight excluding hydrogens is 1500 g/mol. The molecule has 123 heavy (non-hydrogen) atoms. The van der Waals surface area contributed by atoms with Crippen molar-refractivity contribution in [2.45, 2.75) is 0 Å². The fourth-order valence-electron chi connectivity index (χ4n) is 18.7. The largest absolute Gasteiger partial charge is 0.308 e. The molecule has 0 aliphatic rings. The molecule has 9 nitrogen and oxygen atoms in total. The summed E-state index contributed by atoms with van der Waals surface area (Å²) in [5.74, 6) is 1.38. The molecule has 0 saturated heterocycles. The van der Waals surface area contributed by atoms with Crippen molar-refractivity contribution in [2.24, 2.45) is 0 Å². The van der Waals surface area contributed by atoms with Gasteiger partial charge in [-0.25, -0.2) is 29.0 Å². The van der Waals surface area contributed by atoms with Crippen LogP contribution in [-0.4, -0.2) is 43.6 Å². The number of hydrogen-bond donors (Lipinski definition) is 0. The van der Waals surface area contributed by atoms with Crippen LogP contribution in [0.3, 0.4) is 0 Å². The number of rotatable bonds is 12. The summed E-state index contributed by atoms with van der Waals surface area (Å²) in [5.41, 5.74) is 28.1. The zero-order valence-electron chi connectivity index (χ0n) is 66.5. The van der Waals surface area contributed by atoms with Crippen molar-refractivity contribution >= 4 is 103 Å². The molecule has 8 heterocycles. The van der Waals surface area contributed by atoms with Crippen molar-refractivity contribution in [1.29, 1.82) is 0 Å². The standard InChI is InChI=1S/C57H35N5.C57H36N4/c1-4-16-37(17-5-1)52-34-41-22-10-11-23-43(41)56-53(38-18-6-2-7-19-38)54(60-62(52)56)39-30-28-36(29-31-39)48-35-49(59-57(58-48)40-20-8-3-9-21-40)42-32-46-44-24-12-14-26-50(44)61-51-27-15-13-25-45(51)47(33-42)55(46)61;1-4-16-38(17-5-1)53-35-42-22-10-11-23-44(42)56-54(39-18-6-2-7-19-39)55(60-61(53)56)40-30-28-37(29-31-40)51-36-52(59-57(58-51)41-20-8-3-9-21-41)43-32-33-49-47-26-13-12-24-45(47)46-25-14-15-27-48(46)50(49)34-43/h1-35H;1-36H. The summed E-state index contributed by atoms with van der Waals surface area (Å²) >= 11 is 0. The molecule has 0 spiro atoms. The summed E-state index contributed by atoms with van der Waals surface area (Å²) in [6, 6.07) is 153. The third-order valence-electron chi connectivity index (χ3n) is 24.5. The SMILES string of the molecule is c1ccc(-c2nc(-c3ccc(-c4nn5c(-c6ccccc6)cc6ccccc6c5c4-c4ccccc4)cc3)cc(-c3cc4c5ccccc5n5c6ccccc6c(c3)c45)n2)cc1.c1ccc(-c2nc(-c3ccc(-c4nn5c(-c6ccccc6)cc6ccccc6c5c4-c4ccccc4)cc3)cc(-c3ccc4c5ccccc5c5ccccc5c4c3)n2)cc1. The lowest BCUT2D eigenvalue weighted by Gasteiger charge is -2.13. The van der Waals surface area contributed by atoms with Gasteiger partial charge in [0, 0.05) is 99.1 Å².